The van der Waals surface area contributed by atoms with Crippen LogP contribution in [-0.2, 0) is 10.2 Å². The first-order chi connectivity index (χ1) is 9.79. The van der Waals surface area contributed by atoms with Crippen molar-refractivity contribution in [2.75, 3.05) is 17.8 Å². The van der Waals surface area contributed by atoms with E-state index in [1.54, 1.807) is 0 Å². The quantitative estimate of drug-likeness (QED) is 0.875. The van der Waals surface area contributed by atoms with Crippen LogP contribution in [0.25, 0.3) is 0 Å². The topological polar surface area (TPSA) is 99.6 Å². The van der Waals surface area contributed by atoms with Gasteiger partial charge in [0, 0.05) is 19.3 Å². The van der Waals surface area contributed by atoms with E-state index in [1.165, 1.54) is 22.6 Å². The molecule has 1 aliphatic rings. The van der Waals surface area contributed by atoms with E-state index < -0.39 is 16.2 Å². The van der Waals surface area contributed by atoms with Crippen LogP contribution in [0.1, 0.15) is 30.6 Å². The van der Waals surface area contributed by atoms with Crippen LogP contribution in [0.15, 0.2) is 18.3 Å². The van der Waals surface area contributed by atoms with Gasteiger partial charge in [-0.25, -0.2) is 9.78 Å². The predicted octanol–water partition coefficient (Wildman–Crippen LogP) is 1.41. The van der Waals surface area contributed by atoms with Gasteiger partial charge in [0.05, 0.1) is 0 Å². The zero-order valence-corrected chi connectivity index (χ0v) is 12.8. The first kappa shape index (κ1) is 15.7. The van der Waals surface area contributed by atoms with E-state index in [0.29, 0.717) is 13.1 Å². The normalized spacial score (nSPS) is 23.7. The molecule has 8 heteroatoms. The lowest BCUT2D eigenvalue weighted by Gasteiger charge is -2.33. The number of anilines is 1. The van der Waals surface area contributed by atoms with Crippen molar-refractivity contribution in [1.82, 2.24) is 9.29 Å². The van der Waals surface area contributed by atoms with Gasteiger partial charge in [-0.15, -0.1) is 0 Å². The summed E-state index contributed by atoms with van der Waals surface area (Å²) in [5, 5.41) is 9.07. The number of aromatic nitrogens is 1. The van der Waals surface area contributed by atoms with Gasteiger partial charge >= 0.3 is 16.2 Å². The average Bonchev–Trinajstić information content (AvgIpc) is 2.37. The second-order valence-corrected chi connectivity index (χ2v) is 7.25. The Labute approximate surface area is 124 Å². The van der Waals surface area contributed by atoms with Crippen LogP contribution in [0, 0.1) is 11.8 Å². The van der Waals surface area contributed by atoms with E-state index in [4.69, 9.17) is 5.11 Å². The minimum absolute atomic E-state index is 0.157. The van der Waals surface area contributed by atoms with E-state index in [2.05, 4.69) is 9.71 Å². The molecule has 0 aromatic carbocycles. The van der Waals surface area contributed by atoms with E-state index in [-0.39, 0.29) is 23.2 Å². The lowest BCUT2D eigenvalue weighted by Crippen LogP contribution is -2.45. The molecule has 0 amide bonds. The molecule has 1 saturated heterocycles. The first-order valence-electron chi connectivity index (χ1n) is 6.76. The second kappa shape index (κ2) is 5.98. The van der Waals surface area contributed by atoms with Crippen LogP contribution in [0.4, 0.5) is 5.82 Å². The average molecular weight is 313 g/mol. The second-order valence-electron chi connectivity index (χ2n) is 5.57. The van der Waals surface area contributed by atoms with Gasteiger partial charge in [-0.2, -0.15) is 12.7 Å². The largest absolute Gasteiger partial charge is 0.478 e. The number of nitrogens with one attached hydrogen (secondary N) is 1. The summed E-state index contributed by atoms with van der Waals surface area (Å²) in [5.41, 5.74) is -0.167. The van der Waals surface area contributed by atoms with Gasteiger partial charge in [-0.05, 0) is 30.4 Å². The molecule has 0 saturated carbocycles. The maximum absolute atomic E-state index is 12.4. The third-order valence-corrected chi connectivity index (χ3v) is 4.87. The molecule has 0 radical (unpaired) electrons. The summed E-state index contributed by atoms with van der Waals surface area (Å²) in [5.74, 6) is -0.835. The van der Waals surface area contributed by atoms with E-state index >= 15 is 0 Å². The SMILES string of the molecule is CC1CC(C)CN(S(=O)(=O)Nc2ncccc2C(=O)O)C1. The van der Waals surface area contributed by atoms with E-state index in [1.807, 2.05) is 13.8 Å². The van der Waals surface area contributed by atoms with Gasteiger partial charge in [0.25, 0.3) is 0 Å². The van der Waals surface area contributed by atoms with Crippen molar-refractivity contribution in [2.45, 2.75) is 20.3 Å². The van der Waals surface area contributed by atoms with E-state index in [0.717, 1.165) is 6.42 Å². The van der Waals surface area contributed by atoms with Crippen molar-refractivity contribution in [3.8, 4) is 0 Å². The number of carboxylic acids is 1. The molecule has 116 valence electrons. The fourth-order valence-electron chi connectivity index (χ4n) is 2.65. The number of carboxylic acid groups (broad SMARTS) is 1. The van der Waals surface area contributed by atoms with Crippen molar-refractivity contribution in [1.29, 1.82) is 0 Å². The molecule has 0 bridgehead atoms. The standard InChI is InChI=1S/C13H19N3O4S/c1-9-6-10(2)8-16(7-9)21(19,20)15-12-11(13(17)18)4-3-5-14-12/h3-5,9-10H,6-8H2,1-2H3,(H,14,15)(H,17,18). The van der Waals surface area contributed by atoms with Gasteiger partial charge in [-0.1, -0.05) is 13.8 Å². The Morgan fingerprint density at radius 1 is 1.38 bits per heavy atom. The number of hydrogen-bond acceptors (Lipinski definition) is 4. The highest BCUT2D eigenvalue weighted by atomic mass is 32.2. The van der Waals surface area contributed by atoms with Gasteiger partial charge in [0.2, 0.25) is 0 Å². The lowest BCUT2D eigenvalue weighted by atomic mass is 9.94. The van der Waals surface area contributed by atoms with Crippen molar-refractivity contribution in [3.63, 3.8) is 0 Å². The molecule has 1 aromatic heterocycles. The zero-order valence-electron chi connectivity index (χ0n) is 12.0. The Morgan fingerprint density at radius 2 is 2.00 bits per heavy atom. The van der Waals surface area contributed by atoms with Crippen LogP contribution in [-0.4, -0.2) is 41.9 Å². The van der Waals surface area contributed by atoms with Gasteiger partial charge < -0.3 is 5.11 Å². The molecule has 2 unspecified atom stereocenters. The summed E-state index contributed by atoms with van der Waals surface area (Å²) in [6.07, 6.45) is 2.34. The first-order valence-corrected chi connectivity index (χ1v) is 8.20. The molecule has 1 aliphatic heterocycles. The molecule has 1 aromatic rings. The highest BCUT2D eigenvalue weighted by Crippen LogP contribution is 2.24. The third kappa shape index (κ3) is 3.70. The number of pyridine rings is 1. The van der Waals surface area contributed by atoms with Crippen LogP contribution in [0.3, 0.4) is 0 Å². The van der Waals surface area contributed by atoms with Gasteiger partial charge in [0.15, 0.2) is 5.82 Å². The highest BCUT2D eigenvalue weighted by Gasteiger charge is 2.31. The lowest BCUT2D eigenvalue weighted by molar-refractivity contribution is 0.0697. The predicted molar refractivity (Wildman–Crippen MR) is 78.3 cm³/mol. The summed E-state index contributed by atoms with van der Waals surface area (Å²) in [6, 6.07) is 2.76. The molecule has 2 atom stereocenters. The van der Waals surface area contributed by atoms with Crippen molar-refractivity contribution >= 4 is 22.0 Å². The number of aromatic carboxylic acids is 1. The molecule has 0 spiro atoms. The summed E-state index contributed by atoms with van der Waals surface area (Å²) >= 11 is 0. The fourth-order valence-corrected chi connectivity index (χ4v) is 4.09. The monoisotopic (exact) mass is 313 g/mol. The van der Waals surface area contributed by atoms with Crippen molar-refractivity contribution in [3.05, 3.63) is 23.9 Å². The molecule has 2 N–H and O–H groups in total. The zero-order chi connectivity index (χ0) is 15.6. The minimum Gasteiger partial charge on any atom is -0.478 e. The summed E-state index contributed by atoms with van der Waals surface area (Å²) in [7, 11) is -3.80. The molecule has 2 heterocycles. The Balaban J connectivity index is 2.24. The van der Waals surface area contributed by atoms with E-state index in [9.17, 15) is 13.2 Å². The molecule has 21 heavy (non-hydrogen) atoms. The summed E-state index contributed by atoms with van der Waals surface area (Å²) in [6.45, 7) is 4.85. The maximum atomic E-state index is 12.4. The van der Waals surface area contributed by atoms with Crippen LogP contribution in [0.5, 0.6) is 0 Å². The number of nitrogens with zero attached hydrogens (tertiary/aromatic N) is 2. The van der Waals surface area contributed by atoms with Crippen LogP contribution < -0.4 is 4.72 Å². The van der Waals surface area contributed by atoms with Gasteiger partial charge in [-0.3, -0.25) is 4.72 Å². The molecular formula is C13H19N3O4S. The van der Waals surface area contributed by atoms with Crippen LogP contribution in [0.2, 0.25) is 0 Å². The van der Waals surface area contributed by atoms with Crippen molar-refractivity contribution in [2.24, 2.45) is 11.8 Å². The fraction of sp³-hybridized carbons (Fsp3) is 0.538. The highest BCUT2D eigenvalue weighted by molar-refractivity contribution is 7.90. The molecule has 0 aliphatic carbocycles. The molecule has 7 nitrogen and oxygen atoms in total. The Bertz CT molecular complexity index is 622. The summed E-state index contributed by atoms with van der Waals surface area (Å²) < 4.78 is 28.4. The van der Waals surface area contributed by atoms with Gasteiger partial charge in [0.1, 0.15) is 5.56 Å². The van der Waals surface area contributed by atoms with Crippen LogP contribution >= 0.6 is 0 Å². The smallest absolute Gasteiger partial charge is 0.339 e. The molecular weight excluding hydrogens is 294 g/mol. The minimum atomic E-state index is -3.80. The Hall–Kier alpha value is -1.67. The molecule has 1 fully saturated rings. The molecule has 2 rings (SSSR count). The number of hydrogen-bond donors (Lipinski definition) is 2. The number of rotatable bonds is 4. The number of carbonyl (C=O) groups is 1. The maximum Gasteiger partial charge on any atom is 0.339 e. The Kier molecular flexibility index (Phi) is 4.48. The van der Waals surface area contributed by atoms with Crippen molar-refractivity contribution < 1.29 is 18.3 Å². The summed E-state index contributed by atoms with van der Waals surface area (Å²) in [4.78, 5) is 14.9. The third-order valence-electron chi connectivity index (χ3n) is 3.44. The Morgan fingerprint density at radius 3 is 2.57 bits per heavy atom. The number of piperidine rings is 1.